The monoisotopic (exact) mass is 362 g/mol. The Hall–Kier alpha value is -2.93. The Morgan fingerprint density at radius 1 is 1.20 bits per heavy atom. The number of methoxy groups -OCH3 is 1. The van der Waals surface area contributed by atoms with E-state index < -0.39 is 17.3 Å². The number of ketones is 1. The number of halogens is 1. The number of nitrogens with one attached hydrogen (secondary N) is 1. The first kappa shape index (κ1) is 18.4. The summed E-state index contributed by atoms with van der Waals surface area (Å²) in [6.45, 7) is -0.830. The highest BCUT2D eigenvalue weighted by atomic mass is 35.5. The van der Waals surface area contributed by atoms with E-state index in [9.17, 15) is 19.7 Å². The van der Waals surface area contributed by atoms with Gasteiger partial charge in [-0.3, -0.25) is 19.7 Å². The highest BCUT2D eigenvalue weighted by Gasteiger charge is 2.16. The van der Waals surface area contributed by atoms with E-state index in [1.54, 1.807) is 31.4 Å². The zero-order valence-electron chi connectivity index (χ0n) is 13.3. The van der Waals surface area contributed by atoms with Crippen molar-refractivity contribution in [2.45, 2.75) is 6.42 Å². The van der Waals surface area contributed by atoms with Gasteiger partial charge in [0.2, 0.25) is 11.7 Å². The molecule has 0 fully saturated rings. The van der Waals surface area contributed by atoms with Crippen LogP contribution >= 0.6 is 11.6 Å². The summed E-state index contributed by atoms with van der Waals surface area (Å²) in [5.41, 5.74) is 1.26. The summed E-state index contributed by atoms with van der Waals surface area (Å²) >= 11 is 5.98. The Bertz CT molecular complexity index is 805. The molecule has 8 heteroatoms. The largest absolute Gasteiger partial charge is 0.497 e. The molecule has 130 valence electrons. The first-order chi connectivity index (χ1) is 11.9. The number of nitro groups is 1. The van der Waals surface area contributed by atoms with Crippen LogP contribution in [0.1, 0.15) is 15.9 Å². The lowest BCUT2D eigenvalue weighted by atomic mass is 10.1. The molecular weight excluding hydrogens is 348 g/mol. The first-order valence-corrected chi connectivity index (χ1v) is 7.64. The zero-order chi connectivity index (χ0) is 18.4. The third-order valence-electron chi connectivity index (χ3n) is 3.35. The number of ether oxygens (including phenoxy) is 1. The van der Waals surface area contributed by atoms with E-state index in [4.69, 9.17) is 16.3 Å². The minimum Gasteiger partial charge on any atom is -0.497 e. The Morgan fingerprint density at radius 2 is 1.88 bits per heavy atom. The van der Waals surface area contributed by atoms with Crippen LogP contribution in [0.2, 0.25) is 5.02 Å². The molecule has 0 aromatic heterocycles. The fourth-order valence-electron chi connectivity index (χ4n) is 2.16. The van der Waals surface area contributed by atoms with Gasteiger partial charge >= 0.3 is 0 Å². The predicted molar refractivity (Wildman–Crippen MR) is 93.0 cm³/mol. The third-order valence-corrected chi connectivity index (χ3v) is 3.66. The Kier molecular flexibility index (Phi) is 6.08. The number of hydrogen-bond acceptors (Lipinski definition) is 5. The van der Waals surface area contributed by atoms with E-state index in [0.29, 0.717) is 11.4 Å². The number of amides is 1. The molecule has 2 aromatic rings. The second kappa shape index (κ2) is 8.25. The average Bonchev–Trinajstić information content (AvgIpc) is 2.54. The van der Waals surface area contributed by atoms with E-state index in [1.807, 2.05) is 0 Å². The van der Waals surface area contributed by atoms with Gasteiger partial charge in [-0.2, -0.15) is 0 Å². The van der Waals surface area contributed by atoms with Crippen LogP contribution in [0.3, 0.4) is 0 Å². The van der Waals surface area contributed by atoms with Crippen LogP contribution in [0.4, 0.5) is 5.69 Å². The van der Waals surface area contributed by atoms with Crippen LogP contribution in [-0.2, 0) is 11.2 Å². The molecule has 0 saturated carbocycles. The SMILES string of the molecule is COc1ccc(CC(=O)Nc2ccc(C(=O)C[N+](=O)[O-])c(Cl)c2)cc1. The quantitative estimate of drug-likeness (QED) is 0.463. The van der Waals surface area contributed by atoms with Crippen molar-refractivity contribution >= 4 is 29.0 Å². The van der Waals surface area contributed by atoms with Crippen molar-refractivity contribution in [3.8, 4) is 5.75 Å². The average molecular weight is 363 g/mol. The van der Waals surface area contributed by atoms with Gasteiger partial charge in [0, 0.05) is 16.2 Å². The number of carbonyl (C=O) groups is 2. The molecule has 2 rings (SSSR count). The Morgan fingerprint density at radius 3 is 2.44 bits per heavy atom. The molecule has 0 spiro atoms. The van der Waals surface area contributed by atoms with Crippen molar-refractivity contribution in [2.24, 2.45) is 0 Å². The summed E-state index contributed by atoms with van der Waals surface area (Å²) in [4.78, 5) is 33.4. The fourth-order valence-corrected chi connectivity index (χ4v) is 2.44. The van der Waals surface area contributed by atoms with Crippen molar-refractivity contribution < 1.29 is 19.2 Å². The maximum atomic E-state index is 12.1. The maximum Gasteiger partial charge on any atom is 0.265 e. The van der Waals surface area contributed by atoms with Crippen LogP contribution < -0.4 is 10.1 Å². The Labute approximate surface area is 148 Å². The second-order valence-corrected chi connectivity index (χ2v) is 5.59. The third kappa shape index (κ3) is 5.29. The van der Waals surface area contributed by atoms with Crippen molar-refractivity contribution in [1.29, 1.82) is 0 Å². The van der Waals surface area contributed by atoms with Gasteiger partial charge in [-0.25, -0.2) is 0 Å². The predicted octanol–water partition coefficient (Wildman–Crippen LogP) is 2.99. The number of anilines is 1. The molecule has 0 aliphatic heterocycles. The number of hydrogen-bond donors (Lipinski definition) is 1. The normalized spacial score (nSPS) is 10.2. The molecular formula is C17H15ClN2O5. The van der Waals surface area contributed by atoms with Crippen molar-refractivity contribution in [3.63, 3.8) is 0 Å². The van der Waals surface area contributed by atoms with Crippen molar-refractivity contribution in [2.75, 3.05) is 19.0 Å². The summed E-state index contributed by atoms with van der Waals surface area (Å²) in [6, 6.07) is 11.3. The zero-order valence-corrected chi connectivity index (χ0v) is 14.1. The van der Waals surface area contributed by atoms with E-state index in [2.05, 4.69) is 5.32 Å². The van der Waals surface area contributed by atoms with Gasteiger partial charge in [0.05, 0.1) is 18.6 Å². The van der Waals surface area contributed by atoms with Crippen LogP contribution in [-0.4, -0.2) is 30.3 Å². The minimum atomic E-state index is -0.830. The summed E-state index contributed by atoms with van der Waals surface area (Å²) in [5, 5.41) is 13.1. The molecule has 0 atom stereocenters. The summed E-state index contributed by atoms with van der Waals surface area (Å²) < 4.78 is 5.05. The van der Waals surface area contributed by atoms with Gasteiger partial charge in [-0.05, 0) is 35.9 Å². The molecule has 7 nitrogen and oxygen atoms in total. The van der Waals surface area contributed by atoms with Crippen molar-refractivity contribution in [1.82, 2.24) is 0 Å². The highest BCUT2D eigenvalue weighted by Crippen LogP contribution is 2.22. The topological polar surface area (TPSA) is 98.5 Å². The van der Waals surface area contributed by atoms with E-state index in [0.717, 1.165) is 5.56 Å². The van der Waals surface area contributed by atoms with Crippen LogP contribution in [0, 0.1) is 10.1 Å². The molecule has 0 bridgehead atoms. The molecule has 25 heavy (non-hydrogen) atoms. The van der Waals surface area contributed by atoms with Gasteiger partial charge in [-0.15, -0.1) is 0 Å². The lowest BCUT2D eigenvalue weighted by Gasteiger charge is -2.08. The molecule has 0 unspecified atom stereocenters. The van der Waals surface area contributed by atoms with E-state index in [1.165, 1.54) is 18.2 Å². The lowest BCUT2D eigenvalue weighted by Crippen LogP contribution is -2.16. The van der Waals surface area contributed by atoms with Gasteiger partial charge in [0.1, 0.15) is 5.75 Å². The Balaban J connectivity index is 2.01. The number of rotatable bonds is 7. The van der Waals surface area contributed by atoms with E-state index in [-0.39, 0.29) is 22.9 Å². The molecule has 0 saturated heterocycles. The summed E-state index contributed by atoms with van der Waals surface area (Å²) in [5.74, 6) is -0.248. The van der Waals surface area contributed by atoms with E-state index >= 15 is 0 Å². The molecule has 0 aliphatic carbocycles. The lowest BCUT2D eigenvalue weighted by molar-refractivity contribution is -0.465. The van der Waals surface area contributed by atoms with Gasteiger partial charge < -0.3 is 10.1 Å². The molecule has 2 aromatic carbocycles. The molecule has 0 heterocycles. The molecule has 0 aliphatic rings. The van der Waals surface area contributed by atoms with Gasteiger partial charge in [-0.1, -0.05) is 23.7 Å². The molecule has 1 N–H and O–H groups in total. The fraction of sp³-hybridized carbons (Fsp3) is 0.176. The molecule has 0 radical (unpaired) electrons. The van der Waals surface area contributed by atoms with Crippen LogP contribution in [0.15, 0.2) is 42.5 Å². The maximum absolute atomic E-state index is 12.1. The second-order valence-electron chi connectivity index (χ2n) is 5.18. The highest BCUT2D eigenvalue weighted by molar-refractivity contribution is 6.34. The smallest absolute Gasteiger partial charge is 0.265 e. The van der Waals surface area contributed by atoms with Crippen LogP contribution in [0.5, 0.6) is 5.75 Å². The summed E-state index contributed by atoms with van der Waals surface area (Å²) in [6.07, 6.45) is 0.156. The number of Topliss-reactive ketones (excluding diaryl/α,β-unsaturated/α-hetero) is 1. The van der Waals surface area contributed by atoms with Gasteiger partial charge in [0.25, 0.3) is 6.54 Å². The van der Waals surface area contributed by atoms with Gasteiger partial charge in [0.15, 0.2) is 0 Å². The number of benzene rings is 2. The minimum absolute atomic E-state index is 0.0477. The standard InChI is InChI=1S/C17H15ClN2O5/c1-25-13-5-2-11(3-6-13)8-17(22)19-12-4-7-14(15(18)9-12)16(21)10-20(23)24/h2-7,9H,8,10H2,1H3,(H,19,22). The number of nitrogens with zero attached hydrogens (tertiary/aromatic N) is 1. The van der Waals surface area contributed by atoms with Crippen molar-refractivity contribution in [3.05, 3.63) is 68.7 Å². The number of carbonyl (C=O) groups excluding carboxylic acids is 2. The molecule has 1 amide bonds. The summed E-state index contributed by atoms with van der Waals surface area (Å²) in [7, 11) is 1.56. The van der Waals surface area contributed by atoms with Crippen LogP contribution in [0.25, 0.3) is 0 Å². The first-order valence-electron chi connectivity index (χ1n) is 7.26.